The van der Waals surface area contributed by atoms with Gasteiger partial charge in [0, 0.05) is 5.38 Å². The molecule has 62 valence electrons. The summed E-state index contributed by atoms with van der Waals surface area (Å²) in [5.74, 6) is 0.701. The molecule has 0 aliphatic rings. The lowest BCUT2D eigenvalue weighted by Crippen LogP contribution is -2.21. The molecule has 0 fully saturated rings. The first-order valence-electron chi connectivity index (χ1n) is 4.01. The Kier molecular flexibility index (Phi) is 6.14. The predicted molar refractivity (Wildman–Crippen MR) is 47.6 cm³/mol. The van der Waals surface area contributed by atoms with Crippen LogP contribution in [-0.2, 0) is 0 Å². The Bertz CT molecular complexity index is 73.7. The molecule has 0 aromatic heterocycles. The molecule has 2 atom stereocenters. The summed E-state index contributed by atoms with van der Waals surface area (Å²) in [6.07, 6.45) is 1.11. The second-order valence-corrected chi connectivity index (χ2v) is 3.67. The van der Waals surface area contributed by atoms with Crippen LogP contribution in [0, 0.1) is 5.92 Å². The Morgan fingerprint density at radius 2 is 2.00 bits per heavy atom. The highest BCUT2D eigenvalue weighted by Crippen LogP contribution is 2.08. The number of alkyl halides is 1. The molecule has 0 saturated carbocycles. The Morgan fingerprint density at radius 3 is 2.40 bits per heavy atom. The van der Waals surface area contributed by atoms with E-state index in [1.807, 2.05) is 6.92 Å². The van der Waals surface area contributed by atoms with Crippen molar-refractivity contribution in [1.29, 1.82) is 0 Å². The van der Waals surface area contributed by atoms with E-state index < -0.39 is 0 Å². The monoisotopic (exact) mass is 163 g/mol. The van der Waals surface area contributed by atoms with Gasteiger partial charge in [-0.1, -0.05) is 13.8 Å². The van der Waals surface area contributed by atoms with Crippen LogP contribution in [0.2, 0.25) is 0 Å². The van der Waals surface area contributed by atoms with Crippen LogP contribution in [0.25, 0.3) is 0 Å². The summed E-state index contributed by atoms with van der Waals surface area (Å²) in [5, 5.41) is 3.61. The van der Waals surface area contributed by atoms with E-state index in [-0.39, 0.29) is 0 Å². The molecule has 2 heteroatoms. The van der Waals surface area contributed by atoms with Crippen LogP contribution in [0.4, 0.5) is 0 Å². The largest absolute Gasteiger partial charge is 0.317 e. The van der Waals surface area contributed by atoms with Crippen LogP contribution in [-0.4, -0.2) is 18.5 Å². The number of rotatable bonds is 5. The fraction of sp³-hybridized carbons (Fsp3) is 1.00. The van der Waals surface area contributed by atoms with Gasteiger partial charge in [-0.25, -0.2) is 0 Å². The second-order valence-electron chi connectivity index (χ2n) is 2.93. The molecule has 0 aliphatic carbocycles. The number of halogens is 1. The van der Waals surface area contributed by atoms with Crippen molar-refractivity contribution in [2.75, 3.05) is 13.1 Å². The molecule has 0 aromatic rings. The fourth-order valence-electron chi connectivity index (χ4n) is 1.03. The molecule has 0 heterocycles. The smallest absolute Gasteiger partial charge is 0.0310 e. The maximum absolute atomic E-state index is 5.82. The van der Waals surface area contributed by atoms with Gasteiger partial charge < -0.3 is 5.32 Å². The van der Waals surface area contributed by atoms with Crippen LogP contribution >= 0.6 is 11.6 Å². The van der Waals surface area contributed by atoms with Gasteiger partial charge in [0.1, 0.15) is 0 Å². The second kappa shape index (κ2) is 5.99. The standard InChI is InChI=1S/C8H18ClN/c1-4-10-6-7(2)5-8(3)9/h7-8,10H,4-6H2,1-3H3. The molecule has 0 aliphatic heterocycles. The van der Waals surface area contributed by atoms with Gasteiger partial charge in [0.05, 0.1) is 0 Å². The van der Waals surface area contributed by atoms with Crippen molar-refractivity contribution in [2.45, 2.75) is 32.6 Å². The third kappa shape index (κ3) is 6.37. The van der Waals surface area contributed by atoms with Crippen molar-refractivity contribution in [1.82, 2.24) is 5.32 Å². The molecule has 0 bridgehead atoms. The quantitative estimate of drug-likeness (QED) is 0.614. The zero-order valence-corrected chi connectivity index (χ0v) is 7.91. The molecular weight excluding hydrogens is 146 g/mol. The maximum atomic E-state index is 5.82. The molecule has 0 saturated heterocycles. The maximum Gasteiger partial charge on any atom is 0.0310 e. The Morgan fingerprint density at radius 1 is 1.40 bits per heavy atom. The van der Waals surface area contributed by atoms with Crippen molar-refractivity contribution < 1.29 is 0 Å². The minimum atomic E-state index is 0.314. The first-order valence-corrected chi connectivity index (χ1v) is 4.45. The topological polar surface area (TPSA) is 12.0 Å². The van der Waals surface area contributed by atoms with Gasteiger partial charge in [-0.05, 0) is 32.4 Å². The first-order chi connectivity index (χ1) is 4.66. The van der Waals surface area contributed by atoms with E-state index in [9.17, 15) is 0 Å². The van der Waals surface area contributed by atoms with Gasteiger partial charge in [0.15, 0.2) is 0 Å². The zero-order chi connectivity index (χ0) is 7.98. The van der Waals surface area contributed by atoms with E-state index >= 15 is 0 Å². The molecule has 1 nitrogen and oxygen atoms in total. The molecule has 0 radical (unpaired) electrons. The number of nitrogens with one attached hydrogen (secondary N) is 1. The average Bonchev–Trinajstić information content (AvgIpc) is 1.82. The number of hydrogen-bond acceptors (Lipinski definition) is 1. The van der Waals surface area contributed by atoms with E-state index in [1.54, 1.807) is 0 Å². The SMILES string of the molecule is CCNCC(C)CC(C)Cl. The van der Waals surface area contributed by atoms with E-state index in [4.69, 9.17) is 11.6 Å². The molecule has 1 N–H and O–H groups in total. The summed E-state index contributed by atoms with van der Waals surface area (Å²) in [6.45, 7) is 8.54. The first kappa shape index (κ1) is 10.2. The van der Waals surface area contributed by atoms with Gasteiger partial charge in [0.2, 0.25) is 0 Å². The Labute approximate surface area is 69.1 Å². The summed E-state index contributed by atoms with van der Waals surface area (Å²) < 4.78 is 0. The number of hydrogen-bond donors (Lipinski definition) is 1. The van der Waals surface area contributed by atoms with Crippen LogP contribution in [0.1, 0.15) is 27.2 Å². The predicted octanol–water partition coefficient (Wildman–Crippen LogP) is 2.25. The normalized spacial score (nSPS) is 16.8. The fourth-order valence-corrected chi connectivity index (χ4v) is 1.33. The van der Waals surface area contributed by atoms with E-state index in [0.29, 0.717) is 11.3 Å². The van der Waals surface area contributed by atoms with Crippen molar-refractivity contribution in [3.8, 4) is 0 Å². The lowest BCUT2D eigenvalue weighted by atomic mass is 10.1. The van der Waals surface area contributed by atoms with E-state index in [0.717, 1.165) is 19.5 Å². The third-order valence-electron chi connectivity index (χ3n) is 1.47. The summed E-state index contributed by atoms with van der Waals surface area (Å²) >= 11 is 5.82. The Balaban J connectivity index is 3.16. The van der Waals surface area contributed by atoms with Gasteiger partial charge in [-0.15, -0.1) is 11.6 Å². The van der Waals surface area contributed by atoms with E-state index in [2.05, 4.69) is 19.2 Å². The van der Waals surface area contributed by atoms with Crippen molar-refractivity contribution >= 4 is 11.6 Å². The molecule has 10 heavy (non-hydrogen) atoms. The van der Waals surface area contributed by atoms with Gasteiger partial charge in [0.25, 0.3) is 0 Å². The summed E-state index contributed by atoms with van der Waals surface area (Å²) in [6, 6.07) is 0. The van der Waals surface area contributed by atoms with Gasteiger partial charge in [-0.3, -0.25) is 0 Å². The van der Waals surface area contributed by atoms with Crippen molar-refractivity contribution in [2.24, 2.45) is 5.92 Å². The van der Waals surface area contributed by atoms with Gasteiger partial charge in [-0.2, -0.15) is 0 Å². The Hall–Kier alpha value is 0.250. The minimum Gasteiger partial charge on any atom is -0.317 e. The van der Waals surface area contributed by atoms with Crippen LogP contribution in [0.15, 0.2) is 0 Å². The van der Waals surface area contributed by atoms with Crippen molar-refractivity contribution in [3.05, 3.63) is 0 Å². The lowest BCUT2D eigenvalue weighted by molar-refractivity contribution is 0.487. The van der Waals surface area contributed by atoms with Crippen molar-refractivity contribution in [3.63, 3.8) is 0 Å². The molecule has 0 rings (SSSR count). The lowest BCUT2D eigenvalue weighted by Gasteiger charge is -2.12. The highest BCUT2D eigenvalue weighted by molar-refractivity contribution is 6.20. The molecule has 0 amide bonds. The molecule has 0 aromatic carbocycles. The third-order valence-corrected chi connectivity index (χ3v) is 1.65. The summed E-state index contributed by atoms with van der Waals surface area (Å²) in [7, 11) is 0. The van der Waals surface area contributed by atoms with Gasteiger partial charge >= 0.3 is 0 Å². The summed E-state index contributed by atoms with van der Waals surface area (Å²) in [4.78, 5) is 0. The highest BCUT2D eigenvalue weighted by atomic mass is 35.5. The minimum absolute atomic E-state index is 0.314. The summed E-state index contributed by atoms with van der Waals surface area (Å²) in [5.41, 5.74) is 0. The highest BCUT2D eigenvalue weighted by Gasteiger charge is 2.04. The average molecular weight is 164 g/mol. The van der Waals surface area contributed by atoms with Crippen LogP contribution in [0.5, 0.6) is 0 Å². The van der Waals surface area contributed by atoms with E-state index in [1.165, 1.54) is 0 Å². The van der Waals surface area contributed by atoms with Crippen LogP contribution < -0.4 is 5.32 Å². The van der Waals surface area contributed by atoms with Crippen LogP contribution in [0.3, 0.4) is 0 Å². The molecule has 2 unspecified atom stereocenters. The molecule has 0 spiro atoms. The molecular formula is C8H18ClN. The zero-order valence-electron chi connectivity index (χ0n) is 7.15.